The number of hydrogen-bond acceptors (Lipinski definition) is 6. The van der Waals surface area contributed by atoms with Gasteiger partial charge in [0, 0.05) is 36.6 Å². The summed E-state index contributed by atoms with van der Waals surface area (Å²) in [4.78, 5) is 13.7. The first-order valence-corrected chi connectivity index (χ1v) is 9.50. The maximum absolute atomic E-state index is 5.42. The van der Waals surface area contributed by atoms with Crippen LogP contribution in [0.4, 0.5) is 5.95 Å². The minimum Gasteiger partial charge on any atom is -0.381 e. The van der Waals surface area contributed by atoms with Crippen molar-refractivity contribution in [2.45, 2.75) is 38.6 Å². The molecule has 7 nitrogen and oxygen atoms in total. The van der Waals surface area contributed by atoms with Crippen LogP contribution in [0.2, 0.25) is 0 Å². The molecule has 27 heavy (non-hydrogen) atoms. The van der Waals surface area contributed by atoms with E-state index in [1.54, 1.807) is 0 Å². The molecular formula is C20H22N6O. The average molecular weight is 362 g/mol. The molecule has 0 atom stereocenters. The topological polar surface area (TPSA) is 77.2 Å². The molecule has 1 aliphatic carbocycles. The lowest BCUT2D eigenvalue weighted by atomic mass is 9.94. The summed E-state index contributed by atoms with van der Waals surface area (Å²) in [6.07, 6.45) is 9.89. The predicted octanol–water partition coefficient (Wildman–Crippen LogP) is 2.80. The van der Waals surface area contributed by atoms with Crippen molar-refractivity contribution in [3.63, 3.8) is 0 Å². The standard InChI is InChI=1S/C20H22N6O/c1-13-11-21-19-6-5-18(25-26(13)19)15-3-2-4-17-16(15)12-22-20(24-17)23-14-7-9-27-10-8-14/h3,5-6,11-12,14H,2,4,7-10H2,1H3,(H,22,23,24). The van der Waals surface area contributed by atoms with E-state index < -0.39 is 0 Å². The van der Waals surface area contributed by atoms with Gasteiger partial charge in [0.1, 0.15) is 0 Å². The number of allylic oxidation sites excluding steroid dienone is 1. The number of rotatable bonds is 3. The van der Waals surface area contributed by atoms with Crippen molar-refractivity contribution < 1.29 is 4.74 Å². The van der Waals surface area contributed by atoms with Gasteiger partial charge in [-0.3, -0.25) is 0 Å². The monoisotopic (exact) mass is 362 g/mol. The van der Waals surface area contributed by atoms with Crippen molar-refractivity contribution in [3.8, 4) is 0 Å². The Hall–Kier alpha value is -2.80. The zero-order valence-corrected chi connectivity index (χ0v) is 15.4. The van der Waals surface area contributed by atoms with Crippen LogP contribution in [-0.4, -0.2) is 43.8 Å². The highest BCUT2D eigenvalue weighted by Crippen LogP contribution is 2.30. The van der Waals surface area contributed by atoms with Gasteiger partial charge < -0.3 is 10.1 Å². The highest BCUT2D eigenvalue weighted by atomic mass is 16.5. The maximum atomic E-state index is 5.42. The number of fused-ring (bicyclic) bond motifs is 2. The molecule has 3 aromatic heterocycles. The number of anilines is 1. The van der Waals surface area contributed by atoms with E-state index >= 15 is 0 Å². The summed E-state index contributed by atoms with van der Waals surface area (Å²) < 4.78 is 7.30. The maximum Gasteiger partial charge on any atom is 0.223 e. The van der Waals surface area contributed by atoms with Gasteiger partial charge in [0.05, 0.1) is 23.3 Å². The first-order chi connectivity index (χ1) is 13.3. The summed E-state index contributed by atoms with van der Waals surface area (Å²) >= 11 is 0. The molecule has 1 N–H and O–H groups in total. The summed E-state index contributed by atoms with van der Waals surface area (Å²) in [5.41, 5.74) is 6.07. The molecule has 0 bridgehead atoms. The van der Waals surface area contributed by atoms with E-state index in [2.05, 4.69) is 21.4 Å². The molecule has 0 radical (unpaired) electrons. The lowest BCUT2D eigenvalue weighted by Crippen LogP contribution is -2.29. The smallest absolute Gasteiger partial charge is 0.223 e. The Morgan fingerprint density at radius 3 is 2.93 bits per heavy atom. The lowest BCUT2D eigenvalue weighted by molar-refractivity contribution is 0.0903. The van der Waals surface area contributed by atoms with E-state index in [-0.39, 0.29) is 0 Å². The number of aryl methyl sites for hydroxylation is 2. The van der Waals surface area contributed by atoms with Crippen molar-refractivity contribution >= 4 is 17.2 Å². The van der Waals surface area contributed by atoms with Crippen LogP contribution >= 0.6 is 0 Å². The molecule has 3 aromatic rings. The largest absolute Gasteiger partial charge is 0.381 e. The first-order valence-electron chi connectivity index (χ1n) is 9.50. The van der Waals surface area contributed by atoms with Crippen LogP contribution in [0.1, 0.15) is 41.9 Å². The van der Waals surface area contributed by atoms with Crippen LogP contribution in [0.25, 0.3) is 11.2 Å². The molecule has 0 unspecified atom stereocenters. The van der Waals surface area contributed by atoms with Gasteiger partial charge in [0.2, 0.25) is 5.95 Å². The Bertz CT molecular complexity index is 1020. The summed E-state index contributed by atoms with van der Waals surface area (Å²) in [5.74, 6) is 0.718. The van der Waals surface area contributed by atoms with E-state index in [4.69, 9.17) is 14.8 Å². The number of nitrogens with zero attached hydrogens (tertiary/aromatic N) is 5. The third-order valence-electron chi connectivity index (χ3n) is 5.25. The van der Waals surface area contributed by atoms with Gasteiger partial charge in [-0.2, -0.15) is 5.10 Å². The SMILES string of the molecule is Cc1cnc2ccc(C3=CCCc4nc(NC5CCOCC5)ncc43)nn12. The van der Waals surface area contributed by atoms with E-state index in [0.29, 0.717) is 6.04 Å². The first kappa shape index (κ1) is 16.4. The number of ether oxygens (including phenoxy) is 1. The molecular weight excluding hydrogens is 340 g/mol. The third kappa shape index (κ3) is 3.08. The van der Waals surface area contributed by atoms with Crippen molar-refractivity contribution in [2.75, 3.05) is 18.5 Å². The fraction of sp³-hybridized carbons (Fsp3) is 0.400. The van der Waals surface area contributed by atoms with Crippen LogP contribution in [0.15, 0.2) is 30.6 Å². The summed E-state index contributed by atoms with van der Waals surface area (Å²) in [6.45, 7) is 3.62. The Kier molecular flexibility index (Phi) is 4.09. The van der Waals surface area contributed by atoms with Gasteiger partial charge in [-0.05, 0) is 44.7 Å². The molecule has 0 amide bonds. The van der Waals surface area contributed by atoms with Crippen LogP contribution in [-0.2, 0) is 11.2 Å². The van der Waals surface area contributed by atoms with Gasteiger partial charge >= 0.3 is 0 Å². The average Bonchev–Trinajstić information content (AvgIpc) is 3.08. The van der Waals surface area contributed by atoms with E-state index in [9.17, 15) is 0 Å². The minimum atomic E-state index is 0.392. The van der Waals surface area contributed by atoms with E-state index in [1.807, 2.05) is 36.0 Å². The van der Waals surface area contributed by atoms with Gasteiger partial charge in [-0.1, -0.05) is 6.08 Å². The van der Waals surface area contributed by atoms with Gasteiger partial charge in [0.25, 0.3) is 0 Å². The molecule has 5 rings (SSSR count). The van der Waals surface area contributed by atoms with Crippen LogP contribution in [0, 0.1) is 6.92 Å². The Morgan fingerprint density at radius 2 is 2.04 bits per heavy atom. The molecule has 0 spiro atoms. The molecule has 138 valence electrons. The van der Waals surface area contributed by atoms with Gasteiger partial charge in [-0.25, -0.2) is 19.5 Å². The zero-order valence-electron chi connectivity index (χ0n) is 15.4. The van der Waals surface area contributed by atoms with Crippen LogP contribution in [0.3, 0.4) is 0 Å². The quantitative estimate of drug-likeness (QED) is 0.772. The molecule has 4 heterocycles. The van der Waals surface area contributed by atoms with Crippen molar-refractivity contribution in [1.29, 1.82) is 0 Å². The third-order valence-corrected chi connectivity index (χ3v) is 5.25. The number of hydrogen-bond donors (Lipinski definition) is 1. The van der Waals surface area contributed by atoms with E-state index in [0.717, 1.165) is 78.7 Å². The zero-order chi connectivity index (χ0) is 18.2. The molecule has 1 saturated heterocycles. The predicted molar refractivity (Wildman–Crippen MR) is 103 cm³/mol. The Labute approximate surface area is 157 Å². The van der Waals surface area contributed by atoms with Crippen LogP contribution < -0.4 is 5.32 Å². The Balaban J connectivity index is 1.46. The second-order valence-corrected chi connectivity index (χ2v) is 7.13. The van der Waals surface area contributed by atoms with Crippen molar-refractivity contribution in [1.82, 2.24) is 24.6 Å². The van der Waals surface area contributed by atoms with Gasteiger partial charge in [0.15, 0.2) is 5.65 Å². The summed E-state index contributed by atoms with van der Waals surface area (Å²) in [6, 6.07) is 4.42. The number of aromatic nitrogens is 5. The summed E-state index contributed by atoms with van der Waals surface area (Å²) in [5, 5.41) is 8.24. The summed E-state index contributed by atoms with van der Waals surface area (Å²) in [7, 11) is 0. The van der Waals surface area contributed by atoms with Crippen molar-refractivity contribution in [3.05, 3.63) is 53.2 Å². The molecule has 1 fully saturated rings. The normalized spacial score (nSPS) is 17.6. The van der Waals surface area contributed by atoms with Crippen LogP contribution in [0.5, 0.6) is 0 Å². The fourth-order valence-corrected chi connectivity index (χ4v) is 3.76. The number of nitrogens with one attached hydrogen (secondary N) is 1. The highest BCUT2D eigenvalue weighted by Gasteiger charge is 2.20. The van der Waals surface area contributed by atoms with Gasteiger partial charge in [-0.15, -0.1) is 0 Å². The van der Waals surface area contributed by atoms with E-state index in [1.165, 1.54) is 0 Å². The number of imidazole rings is 1. The minimum absolute atomic E-state index is 0.392. The molecule has 0 saturated carbocycles. The Morgan fingerprint density at radius 1 is 1.15 bits per heavy atom. The molecule has 0 aromatic carbocycles. The molecule has 2 aliphatic rings. The fourth-order valence-electron chi connectivity index (χ4n) is 3.76. The lowest BCUT2D eigenvalue weighted by Gasteiger charge is -2.24. The van der Waals surface area contributed by atoms with Crippen molar-refractivity contribution in [2.24, 2.45) is 0 Å². The second kappa shape index (κ2) is 6.74. The molecule has 1 aliphatic heterocycles. The molecule has 7 heteroatoms. The second-order valence-electron chi connectivity index (χ2n) is 7.13. The highest BCUT2D eigenvalue weighted by molar-refractivity contribution is 5.80.